The lowest BCUT2D eigenvalue weighted by molar-refractivity contribution is 0.0180. The maximum Gasteiger partial charge on any atom is 0.410 e. The van der Waals surface area contributed by atoms with E-state index in [-0.39, 0.29) is 6.09 Å². The first-order valence-electron chi connectivity index (χ1n) is 9.00. The number of piperidine rings is 1. The van der Waals surface area contributed by atoms with Crippen LogP contribution in [-0.4, -0.2) is 41.8 Å². The van der Waals surface area contributed by atoms with Gasteiger partial charge in [-0.1, -0.05) is 19.3 Å². The van der Waals surface area contributed by atoms with Gasteiger partial charge >= 0.3 is 6.09 Å². The van der Waals surface area contributed by atoms with E-state index in [1.165, 1.54) is 32.1 Å². The van der Waals surface area contributed by atoms with Crippen LogP contribution in [0.4, 0.5) is 4.79 Å². The first-order valence-corrected chi connectivity index (χ1v) is 9.00. The number of rotatable bonds is 3. The highest BCUT2D eigenvalue weighted by Crippen LogP contribution is 2.28. The van der Waals surface area contributed by atoms with E-state index in [0.29, 0.717) is 11.5 Å². The van der Waals surface area contributed by atoms with Crippen LogP contribution >= 0.6 is 0 Å². The predicted octanol–water partition coefficient (Wildman–Crippen LogP) is 3.95. The number of amides is 1. The summed E-state index contributed by atoms with van der Waals surface area (Å²) in [5.41, 5.74) is -0.0500. The quantitative estimate of drug-likeness (QED) is 0.858. The van der Waals surface area contributed by atoms with E-state index in [9.17, 15) is 4.79 Å². The zero-order valence-corrected chi connectivity index (χ0v) is 14.9. The standard InChI is InChI=1S/C18H34N2O2/c1-17(2,3)22-16(21)20-12-8-15(9-13-20)14-19-18(4)10-6-5-7-11-18/h15,19H,5-14H2,1-4H3. The Hall–Kier alpha value is -0.770. The van der Waals surface area contributed by atoms with Crippen molar-refractivity contribution in [1.29, 1.82) is 0 Å². The summed E-state index contributed by atoms with van der Waals surface area (Å²) in [5.74, 6) is 0.692. The van der Waals surface area contributed by atoms with E-state index in [4.69, 9.17) is 4.74 Å². The number of hydrogen-bond donors (Lipinski definition) is 1. The number of carbonyl (C=O) groups excluding carboxylic acids is 1. The first-order chi connectivity index (χ1) is 10.3. The van der Waals surface area contributed by atoms with Crippen molar-refractivity contribution in [2.45, 2.75) is 83.8 Å². The maximum atomic E-state index is 12.1. The number of nitrogens with zero attached hydrogens (tertiary/aromatic N) is 1. The van der Waals surface area contributed by atoms with Crippen LogP contribution < -0.4 is 5.32 Å². The average molecular weight is 310 g/mol. The highest BCUT2D eigenvalue weighted by Gasteiger charge is 2.30. The Morgan fingerprint density at radius 1 is 1.18 bits per heavy atom. The topological polar surface area (TPSA) is 41.6 Å². The summed E-state index contributed by atoms with van der Waals surface area (Å²) < 4.78 is 5.45. The fourth-order valence-electron chi connectivity index (χ4n) is 3.55. The molecule has 4 heteroatoms. The molecular formula is C18H34N2O2. The van der Waals surface area contributed by atoms with Gasteiger partial charge in [0.05, 0.1) is 0 Å². The van der Waals surface area contributed by atoms with E-state index < -0.39 is 5.60 Å². The zero-order valence-electron chi connectivity index (χ0n) is 14.9. The van der Waals surface area contributed by atoms with Crippen LogP contribution in [-0.2, 0) is 4.74 Å². The molecule has 2 rings (SSSR count). The lowest BCUT2D eigenvalue weighted by atomic mass is 9.82. The summed E-state index contributed by atoms with van der Waals surface area (Å²) >= 11 is 0. The minimum atomic E-state index is -0.398. The molecule has 1 N–H and O–H groups in total. The van der Waals surface area contributed by atoms with Crippen molar-refractivity contribution < 1.29 is 9.53 Å². The van der Waals surface area contributed by atoms with Crippen LogP contribution in [0.5, 0.6) is 0 Å². The second kappa shape index (κ2) is 7.20. The predicted molar refractivity (Wildman–Crippen MR) is 90.0 cm³/mol. The largest absolute Gasteiger partial charge is 0.444 e. The van der Waals surface area contributed by atoms with Crippen molar-refractivity contribution in [2.75, 3.05) is 19.6 Å². The molecule has 4 nitrogen and oxygen atoms in total. The van der Waals surface area contributed by atoms with Gasteiger partial charge in [0, 0.05) is 18.6 Å². The summed E-state index contributed by atoms with van der Waals surface area (Å²) in [5, 5.41) is 3.82. The van der Waals surface area contributed by atoms with Crippen LogP contribution in [0.2, 0.25) is 0 Å². The molecule has 0 radical (unpaired) electrons. The van der Waals surface area contributed by atoms with E-state index in [1.807, 2.05) is 25.7 Å². The third-order valence-electron chi connectivity index (χ3n) is 5.04. The van der Waals surface area contributed by atoms with Crippen molar-refractivity contribution >= 4 is 6.09 Å². The normalized spacial score (nSPS) is 23.4. The third-order valence-corrected chi connectivity index (χ3v) is 5.04. The molecule has 2 aliphatic rings. The molecule has 0 unspecified atom stereocenters. The van der Waals surface area contributed by atoms with Crippen LogP contribution in [0.3, 0.4) is 0 Å². The molecule has 0 aromatic carbocycles. The van der Waals surface area contributed by atoms with Gasteiger partial charge in [-0.15, -0.1) is 0 Å². The lowest BCUT2D eigenvalue weighted by Gasteiger charge is -2.38. The van der Waals surface area contributed by atoms with Gasteiger partial charge in [0.25, 0.3) is 0 Å². The van der Waals surface area contributed by atoms with Crippen molar-refractivity contribution in [1.82, 2.24) is 10.2 Å². The molecule has 2 fully saturated rings. The van der Waals surface area contributed by atoms with Gasteiger partial charge < -0.3 is 15.0 Å². The van der Waals surface area contributed by atoms with Crippen LogP contribution in [0, 0.1) is 5.92 Å². The summed E-state index contributed by atoms with van der Waals surface area (Å²) in [6.45, 7) is 10.9. The summed E-state index contributed by atoms with van der Waals surface area (Å²) in [6, 6.07) is 0. The lowest BCUT2D eigenvalue weighted by Crippen LogP contribution is -2.48. The number of hydrogen-bond acceptors (Lipinski definition) is 3. The summed E-state index contributed by atoms with van der Waals surface area (Å²) in [7, 11) is 0. The Bertz CT molecular complexity index is 362. The number of ether oxygens (including phenoxy) is 1. The number of carbonyl (C=O) groups is 1. The molecule has 1 aliphatic heterocycles. The Morgan fingerprint density at radius 2 is 1.77 bits per heavy atom. The monoisotopic (exact) mass is 310 g/mol. The first kappa shape index (κ1) is 17.6. The molecule has 1 heterocycles. The highest BCUT2D eigenvalue weighted by molar-refractivity contribution is 5.68. The van der Waals surface area contributed by atoms with Gasteiger partial charge in [0.1, 0.15) is 5.60 Å². The molecular weight excluding hydrogens is 276 g/mol. The van der Waals surface area contributed by atoms with Gasteiger partial charge in [0.2, 0.25) is 0 Å². The van der Waals surface area contributed by atoms with E-state index >= 15 is 0 Å². The SMILES string of the molecule is CC1(NCC2CCN(C(=O)OC(C)(C)C)CC2)CCCCC1. The summed E-state index contributed by atoms with van der Waals surface area (Å²) in [6.07, 6.45) is 8.75. The molecule has 1 aliphatic carbocycles. The number of likely N-dealkylation sites (tertiary alicyclic amines) is 1. The zero-order chi connectivity index (χ0) is 16.2. The number of nitrogens with one attached hydrogen (secondary N) is 1. The van der Waals surface area contributed by atoms with Gasteiger partial charge in [-0.05, 0) is 65.8 Å². The Morgan fingerprint density at radius 3 is 2.32 bits per heavy atom. The minimum absolute atomic E-state index is 0.154. The van der Waals surface area contributed by atoms with Gasteiger partial charge in [0.15, 0.2) is 0 Å². The molecule has 0 bridgehead atoms. The van der Waals surface area contributed by atoms with E-state index in [0.717, 1.165) is 32.5 Å². The fraction of sp³-hybridized carbons (Fsp3) is 0.944. The van der Waals surface area contributed by atoms with Crippen LogP contribution in [0.25, 0.3) is 0 Å². The van der Waals surface area contributed by atoms with E-state index in [1.54, 1.807) is 0 Å². The van der Waals surface area contributed by atoms with Crippen LogP contribution in [0.15, 0.2) is 0 Å². The van der Waals surface area contributed by atoms with Gasteiger partial charge in [-0.25, -0.2) is 4.79 Å². The molecule has 128 valence electrons. The second-order valence-corrected chi connectivity index (χ2v) is 8.41. The molecule has 1 saturated heterocycles. The van der Waals surface area contributed by atoms with Crippen molar-refractivity contribution in [2.24, 2.45) is 5.92 Å². The molecule has 0 aromatic rings. The van der Waals surface area contributed by atoms with Crippen LogP contribution in [0.1, 0.15) is 72.6 Å². The van der Waals surface area contributed by atoms with Crippen molar-refractivity contribution in [3.05, 3.63) is 0 Å². The maximum absolute atomic E-state index is 12.1. The minimum Gasteiger partial charge on any atom is -0.444 e. The van der Waals surface area contributed by atoms with E-state index in [2.05, 4.69) is 12.2 Å². The smallest absolute Gasteiger partial charge is 0.410 e. The third kappa shape index (κ3) is 5.45. The highest BCUT2D eigenvalue weighted by atomic mass is 16.6. The second-order valence-electron chi connectivity index (χ2n) is 8.41. The van der Waals surface area contributed by atoms with Gasteiger partial charge in [-0.2, -0.15) is 0 Å². The molecule has 0 spiro atoms. The Labute approximate surface area is 136 Å². The Balaban J connectivity index is 1.70. The molecule has 1 amide bonds. The molecule has 1 saturated carbocycles. The molecule has 22 heavy (non-hydrogen) atoms. The molecule has 0 atom stereocenters. The Kier molecular flexibility index (Phi) is 5.76. The van der Waals surface area contributed by atoms with Crippen molar-refractivity contribution in [3.63, 3.8) is 0 Å². The fourth-order valence-corrected chi connectivity index (χ4v) is 3.55. The summed E-state index contributed by atoms with van der Waals surface area (Å²) in [4.78, 5) is 13.9. The van der Waals surface area contributed by atoms with Crippen molar-refractivity contribution in [3.8, 4) is 0 Å². The van der Waals surface area contributed by atoms with Gasteiger partial charge in [-0.3, -0.25) is 0 Å². The molecule has 0 aromatic heterocycles. The average Bonchev–Trinajstić information content (AvgIpc) is 2.45.